The van der Waals surface area contributed by atoms with Crippen molar-refractivity contribution in [2.45, 2.75) is 72.8 Å². The van der Waals surface area contributed by atoms with Crippen molar-refractivity contribution in [3.8, 4) is 0 Å². The van der Waals surface area contributed by atoms with E-state index in [9.17, 15) is 19.2 Å². The Labute approximate surface area is 155 Å². The smallest absolute Gasteiger partial charge is 0.347 e. The van der Waals surface area contributed by atoms with Crippen LogP contribution in [0.1, 0.15) is 66.7 Å². The minimum Gasteiger partial charge on any atom is -0.466 e. The molecule has 0 saturated heterocycles. The molecule has 1 unspecified atom stereocenters. The Hall–Kier alpha value is -2.12. The third-order valence-electron chi connectivity index (χ3n) is 2.91. The quantitative estimate of drug-likeness (QED) is 0.325. The predicted octanol–water partition coefficient (Wildman–Crippen LogP) is 2.77. The van der Waals surface area contributed by atoms with Crippen LogP contribution in [0.4, 0.5) is 0 Å². The van der Waals surface area contributed by atoms with E-state index in [1.54, 1.807) is 20.8 Å². The van der Waals surface area contributed by atoms with Crippen LogP contribution in [0.5, 0.6) is 0 Å². The Morgan fingerprint density at radius 1 is 0.808 bits per heavy atom. The number of methoxy groups -OCH3 is 1. The SMILES string of the molecule is CCC(OC(=O)C(C)C)C(=O)OC.CCCC(=O)OCOC(=O)CCC. The van der Waals surface area contributed by atoms with Gasteiger partial charge in [-0.2, -0.15) is 0 Å². The highest BCUT2D eigenvalue weighted by Crippen LogP contribution is 2.05. The number of rotatable bonds is 10. The molecule has 0 aliphatic rings. The van der Waals surface area contributed by atoms with Crippen LogP contribution in [-0.4, -0.2) is 43.9 Å². The maximum atomic E-state index is 11.1. The fraction of sp³-hybridized carbons (Fsp3) is 0.778. The number of hydrogen-bond donors (Lipinski definition) is 0. The summed E-state index contributed by atoms with van der Waals surface area (Å²) in [5.41, 5.74) is 0. The van der Waals surface area contributed by atoms with Gasteiger partial charge in [0.2, 0.25) is 6.79 Å². The van der Waals surface area contributed by atoms with Crippen molar-refractivity contribution < 1.29 is 38.1 Å². The van der Waals surface area contributed by atoms with E-state index < -0.39 is 12.1 Å². The lowest BCUT2D eigenvalue weighted by Crippen LogP contribution is -2.29. The molecule has 0 bridgehead atoms. The Morgan fingerprint density at radius 3 is 1.58 bits per heavy atom. The second-order valence-electron chi connectivity index (χ2n) is 5.66. The Morgan fingerprint density at radius 2 is 1.27 bits per heavy atom. The molecule has 0 saturated carbocycles. The lowest BCUT2D eigenvalue weighted by atomic mass is 10.2. The average Bonchev–Trinajstić information content (AvgIpc) is 2.59. The van der Waals surface area contributed by atoms with Crippen molar-refractivity contribution in [3.05, 3.63) is 0 Å². The topological polar surface area (TPSA) is 105 Å². The number of esters is 4. The molecule has 0 spiro atoms. The second kappa shape index (κ2) is 16.4. The first kappa shape index (κ1) is 26.1. The molecule has 0 heterocycles. The van der Waals surface area contributed by atoms with Gasteiger partial charge in [0.15, 0.2) is 6.10 Å². The molecule has 26 heavy (non-hydrogen) atoms. The van der Waals surface area contributed by atoms with E-state index in [2.05, 4.69) is 14.2 Å². The molecule has 0 amide bonds. The Balaban J connectivity index is 0. The molecule has 0 aromatic rings. The van der Waals surface area contributed by atoms with E-state index in [4.69, 9.17) is 4.74 Å². The van der Waals surface area contributed by atoms with Gasteiger partial charge in [-0.05, 0) is 19.3 Å². The summed E-state index contributed by atoms with van der Waals surface area (Å²) in [6.45, 7) is 8.69. The summed E-state index contributed by atoms with van der Waals surface area (Å²) < 4.78 is 18.6. The molecule has 152 valence electrons. The lowest BCUT2D eigenvalue weighted by Gasteiger charge is -2.14. The minimum atomic E-state index is -0.764. The van der Waals surface area contributed by atoms with E-state index in [0.717, 1.165) is 12.8 Å². The molecule has 1 atom stereocenters. The predicted molar refractivity (Wildman–Crippen MR) is 93.9 cm³/mol. The number of carbonyl (C=O) groups excluding carboxylic acids is 4. The van der Waals surface area contributed by atoms with Crippen molar-refractivity contribution in [2.24, 2.45) is 5.92 Å². The number of ether oxygens (including phenoxy) is 4. The molecule has 8 heteroatoms. The van der Waals surface area contributed by atoms with E-state index in [1.807, 2.05) is 13.8 Å². The van der Waals surface area contributed by atoms with Crippen molar-refractivity contribution >= 4 is 23.9 Å². The van der Waals surface area contributed by atoms with Gasteiger partial charge in [0.1, 0.15) is 0 Å². The number of carbonyl (C=O) groups is 4. The lowest BCUT2D eigenvalue weighted by molar-refractivity contribution is -0.168. The molecular formula is C18H32O8. The van der Waals surface area contributed by atoms with Crippen molar-refractivity contribution in [1.82, 2.24) is 0 Å². The van der Waals surface area contributed by atoms with Gasteiger partial charge in [-0.1, -0.05) is 34.6 Å². The van der Waals surface area contributed by atoms with Gasteiger partial charge >= 0.3 is 23.9 Å². The molecule has 0 aliphatic carbocycles. The third kappa shape index (κ3) is 14.2. The van der Waals surface area contributed by atoms with Crippen LogP contribution >= 0.6 is 0 Å². The van der Waals surface area contributed by atoms with Gasteiger partial charge in [0, 0.05) is 12.8 Å². The molecular weight excluding hydrogens is 344 g/mol. The molecule has 0 rings (SSSR count). The normalized spacial score (nSPS) is 10.9. The summed E-state index contributed by atoms with van der Waals surface area (Å²) in [6, 6.07) is 0. The molecule has 0 aromatic heterocycles. The van der Waals surface area contributed by atoms with Gasteiger partial charge in [0.25, 0.3) is 0 Å². The maximum absolute atomic E-state index is 11.1. The summed E-state index contributed by atoms with van der Waals surface area (Å²) in [6.07, 6.45) is 1.88. The number of hydrogen-bond acceptors (Lipinski definition) is 8. The first-order chi connectivity index (χ1) is 12.2. The summed E-state index contributed by atoms with van der Waals surface area (Å²) >= 11 is 0. The zero-order valence-corrected chi connectivity index (χ0v) is 16.7. The van der Waals surface area contributed by atoms with Crippen LogP contribution in [0.2, 0.25) is 0 Å². The summed E-state index contributed by atoms with van der Waals surface area (Å²) in [4.78, 5) is 43.6. The van der Waals surface area contributed by atoms with Crippen molar-refractivity contribution in [1.29, 1.82) is 0 Å². The highest BCUT2D eigenvalue weighted by molar-refractivity contribution is 5.79. The van der Waals surface area contributed by atoms with Crippen molar-refractivity contribution in [3.63, 3.8) is 0 Å². The van der Waals surface area contributed by atoms with Crippen LogP contribution in [-0.2, 0) is 38.1 Å². The van der Waals surface area contributed by atoms with E-state index >= 15 is 0 Å². The monoisotopic (exact) mass is 376 g/mol. The van der Waals surface area contributed by atoms with Crippen LogP contribution in [0.3, 0.4) is 0 Å². The van der Waals surface area contributed by atoms with Gasteiger partial charge in [-0.3, -0.25) is 14.4 Å². The fourth-order valence-corrected chi connectivity index (χ4v) is 1.42. The zero-order valence-electron chi connectivity index (χ0n) is 16.7. The Kier molecular flexibility index (Phi) is 16.4. The summed E-state index contributed by atoms with van der Waals surface area (Å²) in [7, 11) is 1.27. The summed E-state index contributed by atoms with van der Waals surface area (Å²) in [5.74, 6) is -1.76. The van der Waals surface area contributed by atoms with Crippen molar-refractivity contribution in [2.75, 3.05) is 13.9 Å². The molecule has 0 aliphatic heterocycles. The highest BCUT2D eigenvalue weighted by atomic mass is 16.7. The Bertz CT molecular complexity index is 413. The third-order valence-corrected chi connectivity index (χ3v) is 2.91. The first-order valence-electron chi connectivity index (χ1n) is 8.82. The average molecular weight is 376 g/mol. The molecule has 0 fully saturated rings. The van der Waals surface area contributed by atoms with Crippen LogP contribution in [0.15, 0.2) is 0 Å². The minimum absolute atomic E-state index is 0.223. The molecule has 0 aromatic carbocycles. The first-order valence-corrected chi connectivity index (χ1v) is 8.82. The van der Waals surface area contributed by atoms with E-state index in [1.165, 1.54) is 7.11 Å². The van der Waals surface area contributed by atoms with Crippen LogP contribution < -0.4 is 0 Å². The largest absolute Gasteiger partial charge is 0.466 e. The molecule has 8 nitrogen and oxygen atoms in total. The maximum Gasteiger partial charge on any atom is 0.347 e. The van der Waals surface area contributed by atoms with E-state index in [0.29, 0.717) is 19.3 Å². The second-order valence-corrected chi connectivity index (χ2v) is 5.66. The zero-order chi connectivity index (χ0) is 20.5. The van der Waals surface area contributed by atoms with E-state index in [-0.39, 0.29) is 30.6 Å². The summed E-state index contributed by atoms with van der Waals surface area (Å²) in [5, 5.41) is 0. The van der Waals surface area contributed by atoms with Crippen LogP contribution in [0, 0.1) is 5.92 Å². The molecule has 0 N–H and O–H groups in total. The fourth-order valence-electron chi connectivity index (χ4n) is 1.42. The molecule has 0 radical (unpaired) electrons. The van der Waals surface area contributed by atoms with Gasteiger partial charge in [-0.15, -0.1) is 0 Å². The van der Waals surface area contributed by atoms with Gasteiger partial charge in [-0.25, -0.2) is 4.79 Å². The van der Waals surface area contributed by atoms with Crippen LogP contribution in [0.25, 0.3) is 0 Å². The highest BCUT2D eigenvalue weighted by Gasteiger charge is 2.22. The standard InChI is InChI=1S/2C9H16O4/c1-5-7(9(11)12-4)13-8(10)6(2)3;1-3-5-8(10)12-7-13-9(11)6-4-2/h6-7H,5H2,1-4H3;3-7H2,1-2H3. The van der Waals surface area contributed by atoms with Gasteiger partial charge < -0.3 is 18.9 Å². The van der Waals surface area contributed by atoms with Gasteiger partial charge in [0.05, 0.1) is 13.0 Å².